The van der Waals surface area contributed by atoms with Crippen molar-refractivity contribution >= 4 is 21.5 Å². The summed E-state index contributed by atoms with van der Waals surface area (Å²) >= 11 is 0. The van der Waals surface area contributed by atoms with Gasteiger partial charge in [0.05, 0.1) is 11.4 Å². The lowest BCUT2D eigenvalue weighted by Gasteiger charge is -2.31. The number of para-hydroxylation sites is 1. The fourth-order valence-corrected chi connectivity index (χ4v) is 3.50. The molecule has 0 amide bonds. The average Bonchev–Trinajstić information content (AvgIpc) is 3.18. The number of hydrogen-bond donors (Lipinski definition) is 2. The minimum absolute atomic E-state index is 0.347. The van der Waals surface area contributed by atoms with Crippen LogP contribution in [0.3, 0.4) is 0 Å². The molecule has 0 fully saturated rings. The molecule has 0 spiro atoms. The van der Waals surface area contributed by atoms with Gasteiger partial charge in [0.15, 0.2) is 0 Å². The lowest BCUT2D eigenvalue weighted by molar-refractivity contribution is -0.0510. The van der Waals surface area contributed by atoms with Gasteiger partial charge in [-0.3, -0.25) is 14.6 Å². The largest absolute Gasteiger partial charge is 0.522 e. The number of benzene rings is 2. The van der Waals surface area contributed by atoms with Crippen molar-refractivity contribution in [2.45, 2.75) is 64.9 Å². The van der Waals surface area contributed by atoms with Crippen molar-refractivity contribution in [2.24, 2.45) is 0 Å². The van der Waals surface area contributed by atoms with E-state index in [0.29, 0.717) is 17.9 Å². The van der Waals surface area contributed by atoms with E-state index in [1.807, 2.05) is 0 Å². The lowest BCUT2D eigenvalue weighted by atomic mass is 9.92. The number of halogens is 3. The van der Waals surface area contributed by atoms with Gasteiger partial charge < -0.3 is 0 Å². The van der Waals surface area contributed by atoms with E-state index in [1.165, 1.54) is 28.1 Å². The smallest absolute Gasteiger partial charge is 0.286 e. The lowest BCUT2D eigenvalue weighted by Crippen LogP contribution is -2.44. The third-order valence-electron chi connectivity index (χ3n) is 5.19. The van der Waals surface area contributed by atoms with Crippen molar-refractivity contribution in [2.75, 3.05) is 5.01 Å². The van der Waals surface area contributed by atoms with Gasteiger partial charge in [0.25, 0.3) is 0 Å². The number of nitrogens with zero attached hydrogens (tertiary/aromatic N) is 2. The summed E-state index contributed by atoms with van der Waals surface area (Å²) in [5.74, 6) is 0.930. The first-order valence-corrected chi connectivity index (χ1v) is 12.4. The molecule has 0 saturated heterocycles. The zero-order valence-electron chi connectivity index (χ0n) is 20.1. The number of nitrogens with one attached hydrogen (secondary N) is 1. The molecule has 2 aromatic rings. The van der Waals surface area contributed by atoms with Crippen LogP contribution in [0, 0.1) is 0 Å². The Hall–Kier alpha value is -2.56. The Bertz CT molecular complexity index is 1070. The molecule has 0 bridgehead atoms. The van der Waals surface area contributed by atoms with Crippen LogP contribution >= 0.6 is 0 Å². The Kier molecular flexibility index (Phi) is 8.79. The maximum atomic E-state index is 10.7. The molecule has 1 heterocycles. The van der Waals surface area contributed by atoms with E-state index < -0.39 is 15.6 Å². The molecule has 188 valence electrons. The summed E-state index contributed by atoms with van der Waals surface area (Å²) in [6.07, 6.45) is 2.24. The highest BCUT2D eigenvalue weighted by Crippen LogP contribution is 2.38. The molecule has 0 saturated carbocycles. The number of rotatable bonds is 5. The zero-order chi connectivity index (χ0) is 25.8. The molecule has 34 heavy (non-hydrogen) atoms. The predicted molar refractivity (Wildman–Crippen MR) is 129 cm³/mol. The van der Waals surface area contributed by atoms with Crippen LogP contribution < -0.4 is 10.5 Å². The maximum Gasteiger partial charge on any atom is 0.522 e. The molecular weight excluding hydrogens is 467 g/mol. The molecule has 0 radical (unpaired) electrons. The summed E-state index contributed by atoms with van der Waals surface area (Å²) in [6.45, 7) is 13.5. The normalized spacial score (nSPS) is 14.6. The maximum absolute atomic E-state index is 10.7. The van der Waals surface area contributed by atoms with Crippen molar-refractivity contribution in [3.63, 3.8) is 0 Å². The first kappa shape index (κ1) is 27.7. The summed E-state index contributed by atoms with van der Waals surface area (Å²) in [5.41, 5.74) is 4.55. The molecule has 0 aromatic heterocycles. The van der Waals surface area contributed by atoms with E-state index in [2.05, 4.69) is 112 Å². The van der Waals surface area contributed by atoms with Crippen molar-refractivity contribution in [3.05, 3.63) is 71.4 Å². The van der Waals surface area contributed by atoms with E-state index in [0.717, 1.165) is 0 Å². The van der Waals surface area contributed by atoms with Crippen LogP contribution in [0.25, 0.3) is 5.70 Å². The van der Waals surface area contributed by atoms with Crippen LogP contribution in [0.1, 0.15) is 70.1 Å². The first-order chi connectivity index (χ1) is 15.6. The second kappa shape index (κ2) is 10.8. The van der Waals surface area contributed by atoms with E-state index in [4.69, 9.17) is 13.0 Å². The second-order valence-corrected chi connectivity index (χ2v) is 10.2. The molecule has 10 heteroatoms. The van der Waals surface area contributed by atoms with Gasteiger partial charge in [-0.25, -0.2) is 0 Å². The van der Waals surface area contributed by atoms with Crippen LogP contribution in [-0.2, 0) is 10.1 Å². The molecule has 1 aliphatic rings. The summed E-state index contributed by atoms with van der Waals surface area (Å²) in [5, 5.41) is 4.46. The zero-order valence-corrected chi connectivity index (χ0v) is 20.9. The average molecular weight is 500 g/mol. The third kappa shape index (κ3) is 6.52. The Morgan fingerprint density at radius 1 is 0.853 bits per heavy atom. The first-order valence-electron chi connectivity index (χ1n) is 10.9. The van der Waals surface area contributed by atoms with Gasteiger partial charge in [0.2, 0.25) is 0 Å². The van der Waals surface area contributed by atoms with E-state index >= 15 is 0 Å². The molecule has 2 aromatic carbocycles. The minimum atomic E-state index is -5.84. The Balaban J connectivity index is 0.000000440. The fourth-order valence-electron chi connectivity index (χ4n) is 3.50. The van der Waals surface area contributed by atoms with E-state index in [9.17, 15) is 13.2 Å². The van der Waals surface area contributed by atoms with Gasteiger partial charge in [-0.05, 0) is 36.8 Å². The van der Waals surface area contributed by atoms with Crippen LogP contribution in [0.2, 0.25) is 0 Å². The van der Waals surface area contributed by atoms with Crippen LogP contribution in [0.4, 0.5) is 18.9 Å². The minimum Gasteiger partial charge on any atom is -0.286 e. The fraction of sp³-hybridized carbons (Fsp3) is 0.417. The Labute approximate surface area is 199 Å². The van der Waals surface area contributed by atoms with Gasteiger partial charge in [-0.1, -0.05) is 76.2 Å². The number of anilines is 1. The summed E-state index contributed by atoms with van der Waals surface area (Å²) in [6, 6.07) is 17.6. The highest BCUT2D eigenvalue weighted by molar-refractivity contribution is 7.86. The van der Waals surface area contributed by atoms with Gasteiger partial charge in [0.1, 0.15) is 0 Å². The molecule has 2 N–H and O–H groups in total. The predicted octanol–water partition coefficient (Wildman–Crippen LogP) is 6.28. The van der Waals surface area contributed by atoms with Crippen LogP contribution in [-0.4, -0.2) is 29.5 Å². The molecular formula is C24H32F3N3O3S. The van der Waals surface area contributed by atoms with Gasteiger partial charge in [-0.2, -0.15) is 21.6 Å². The van der Waals surface area contributed by atoms with E-state index in [1.54, 1.807) is 0 Å². The van der Waals surface area contributed by atoms with Gasteiger partial charge in [0, 0.05) is 17.8 Å². The monoisotopic (exact) mass is 499 g/mol. The van der Waals surface area contributed by atoms with Crippen LogP contribution in [0.5, 0.6) is 0 Å². The van der Waals surface area contributed by atoms with Gasteiger partial charge in [-0.15, -0.1) is 5.53 Å². The number of alkyl halides is 3. The second-order valence-electron chi connectivity index (χ2n) is 8.83. The van der Waals surface area contributed by atoms with Crippen molar-refractivity contribution in [3.8, 4) is 0 Å². The van der Waals surface area contributed by atoms with Crippen LogP contribution in [0.15, 0.2) is 54.7 Å². The quantitative estimate of drug-likeness (QED) is 0.373. The Morgan fingerprint density at radius 2 is 1.32 bits per heavy atom. The molecule has 0 aliphatic carbocycles. The molecule has 3 rings (SSSR count). The third-order valence-corrected chi connectivity index (χ3v) is 5.77. The molecule has 1 aliphatic heterocycles. The SMILES string of the molecule is CC(C)c1cccc(C(C)C)c1N1C=C(c2ccccc2)N(C(C)C)N1.O=S(=O)(O)C(F)(F)F. The highest BCUT2D eigenvalue weighted by atomic mass is 32.2. The van der Waals surface area contributed by atoms with Crippen molar-refractivity contribution < 1.29 is 26.1 Å². The summed E-state index contributed by atoms with van der Waals surface area (Å²) in [4.78, 5) is 0. The summed E-state index contributed by atoms with van der Waals surface area (Å²) in [7, 11) is -5.84. The topological polar surface area (TPSA) is 72.9 Å². The van der Waals surface area contributed by atoms with Gasteiger partial charge >= 0.3 is 15.6 Å². The molecule has 0 unspecified atom stereocenters. The number of hydrazine groups is 2. The van der Waals surface area contributed by atoms with Crippen molar-refractivity contribution in [1.29, 1.82) is 0 Å². The molecule has 6 nitrogen and oxygen atoms in total. The Morgan fingerprint density at radius 3 is 1.71 bits per heavy atom. The van der Waals surface area contributed by atoms with Crippen molar-refractivity contribution in [1.82, 2.24) is 10.5 Å². The molecule has 0 atom stereocenters. The summed E-state index contributed by atoms with van der Waals surface area (Å²) < 4.78 is 57.5. The standard InChI is InChI=1S/C23H31N3.CHF3O3S/c1-16(2)20-13-10-14-21(17(3)4)23(20)25-15-22(26(24-25)18(5)6)19-11-8-7-9-12-19;2-1(3,4)8(5,6)7/h7-18,24H,1-6H3;(H,5,6,7). The highest BCUT2D eigenvalue weighted by Gasteiger charge is 2.44. The van der Waals surface area contributed by atoms with E-state index in [-0.39, 0.29) is 0 Å². The number of hydrogen-bond acceptors (Lipinski definition) is 5.